The topological polar surface area (TPSA) is 30.5 Å². The first-order valence-corrected chi connectivity index (χ1v) is 6.81. The summed E-state index contributed by atoms with van der Waals surface area (Å²) in [5, 5.41) is 3.29. The fourth-order valence-corrected chi connectivity index (χ4v) is 1.99. The molecule has 1 aromatic rings. The number of halogens is 1. The fraction of sp³-hybridized carbons (Fsp3) is 0.600. The summed E-state index contributed by atoms with van der Waals surface area (Å²) in [5.41, 5.74) is 0.757. The van der Waals surface area contributed by atoms with Crippen LogP contribution in [0.25, 0.3) is 0 Å². The summed E-state index contributed by atoms with van der Waals surface area (Å²) >= 11 is 0. The maximum absolute atomic E-state index is 13.8. The molecule has 0 aliphatic carbocycles. The molecule has 0 heterocycles. The van der Waals surface area contributed by atoms with Gasteiger partial charge >= 0.3 is 0 Å². The molecule has 1 aromatic carbocycles. The minimum Gasteiger partial charge on any atom is -0.383 e. The molecule has 0 saturated heterocycles. The maximum Gasteiger partial charge on any atom is 0.126 e. The van der Waals surface area contributed by atoms with Crippen molar-refractivity contribution in [2.45, 2.75) is 19.3 Å². The third-order valence-electron chi connectivity index (χ3n) is 3.03. The second-order valence-electron chi connectivity index (χ2n) is 4.40. The Kier molecular flexibility index (Phi) is 8.38. The average molecular weight is 269 g/mol. The minimum atomic E-state index is -0.141. The van der Waals surface area contributed by atoms with Crippen LogP contribution in [-0.4, -0.2) is 40.0 Å². The summed E-state index contributed by atoms with van der Waals surface area (Å²) in [6.45, 7) is 5.49. The van der Waals surface area contributed by atoms with Gasteiger partial charge in [0.2, 0.25) is 0 Å². The molecule has 1 rings (SSSR count). The van der Waals surface area contributed by atoms with Gasteiger partial charge in [-0.1, -0.05) is 18.2 Å². The monoisotopic (exact) mass is 269 g/mol. The zero-order valence-corrected chi connectivity index (χ0v) is 11.8. The zero-order chi connectivity index (χ0) is 13.9. The molecule has 0 aliphatic rings. The van der Waals surface area contributed by atoms with Crippen LogP contribution < -0.4 is 5.32 Å². The van der Waals surface area contributed by atoms with E-state index in [4.69, 9.17) is 9.47 Å². The van der Waals surface area contributed by atoms with Gasteiger partial charge in [0, 0.05) is 39.3 Å². The molecule has 1 atom stereocenters. The van der Waals surface area contributed by atoms with Crippen LogP contribution in [0.5, 0.6) is 0 Å². The summed E-state index contributed by atoms with van der Waals surface area (Å²) < 4.78 is 24.2. The van der Waals surface area contributed by atoms with Gasteiger partial charge in [-0.25, -0.2) is 4.39 Å². The van der Waals surface area contributed by atoms with Gasteiger partial charge < -0.3 is 14.8 Å². The van der Waals surface area contributed by atoms with E-state index in [1.54, 1.807) is 13.2 Å². The largest absolute Gasteiger partial charge is 0.383 e. The van der Waals surface area contributed by atoms with E-state index >= 15 is 0 Å². The summed E-state index contributed by atoms with van der Waals surface area (Å²) in [6, 6.07) is 6.96. The van der Waals surface area contributed by atoms with E-state index in [9.17, 15) is 4.39 Å². The number of ether oxygens (including phenoxy) is 2. The summed E-state index contributed by atoms with van der Waals surface area (Å²) in [4.78, 5) is 0. The lowest BCUT2D eigenvalue weighted by atomic mass is 9.95. The van der Waals surface area contributed by atoms with Gasteiger partial charge in [-0.3, -0.25) is 0 Å². The number of benzene rings is 1. The Morgan fingerprint density at radius 1 is 1.26 bits per heavy atom. The third-order valence-corrected chi connectivity index (χ3v) is 3.03. The molecule has 1 N–H and O–H groups in total. The molecule has 0 aliphatic heterocycles. The van der Waals surface area contributed by atoms with Crippen LogP contribution in [0.15, 0.2) is 24.3 Å². The SMILES string of the molecule is CCOCCC(CNCCOC)c1ccccc1F. The molecule has 0 bridgehead atoms. The molecular formula is C15H24FNO2. The second kappa shape index (κ2) is 9.89. The standard InChI is InChI=1S/C15H24FNO2/c1-3-19-10-8-13(12-17-9-11-18-2)14-6-4-5-7-15(14)16/h4-7,13,17H,3,8-12H2,1-2H3. The van der Waals surface area contributed by atoms with E-state index in [2.05, 4.69) is 5.32 Å². The number of hydrogen-bond acceptors (Lipinski definition) is 3. The van der Waals surface area contributed by atoms with Gasteiger partial charge in [0.15, 0.2) is 0 Å². The fourth-order valence-electron chi connectivity index (χ4n) is 1.99. The van der Waals surface area contributed by atoms with Gasteiger partial charge in [-0.05, 0) is 25.0 Å². The first kappa shape index (κ1) is 16.1. The number of hydrogen-bond donors (Lipinski definition) is 1. The predicted molar refractivity (Wildman–Crippen MR) is 75.0 cm³/mol. The van der Waals surface area contributed by atoms with Gasteiger partial charge in [0.25, 0.3) is 0 Å². The molecule has 0 saturated carbocycles. The smallest absolute Gasteiger partial charge is 0.126 e. The van der Waals surface area contributed by atoms with Crippen LogP contribution in [0.4, 0.5) is 4.39 Å². The highest BCUT2D eigenvalue weighted by Crippen LogP contribution is 2.21. The van der Waals surface area contributed by atoms with E-state index in [1.807, 2.05) is 19.1 Å². The van der Waals surface area contributed by atoms with Gasteiger partial charge in [0.1, 0.15) is 5.82 Å². The minimum absolute atomic E-state index is 0.129. The Bertz CT molecular complexity index is 347. The predicted octanol–water partition coefficient (Wildman–Crippen LogP) is 2.57. The Hall–Kier alpha value is -0.970. The van der Waals surface area contributed by atoms with E-state index < -0.39 is 0 Å². The molecule has 108 valence electrons. The highest BCUT2D eigenvalue weighted by molar-refractivity contribution is 5.22. The summed E-state index contributed by atoms with van der Waals surface area (Å²) in [7, 11) is 1.67. The molecule has 0 fully saturated rings. The van der Waals surface area contributed by atoms with E-state index in [-0.39, 0.29) is 11.7 Å². The lowest BCUT2D eigenvalue weighted by Gasteiger charge is -2.18. The molecule has 0 aromatic heterocycles. The van der Waals surface area contributed by atoms with Crippen molar-refractivity contribution in [1.29, 1.82) is 0 Å². The van der Waals surface area contributed by atoms with Crippen LogP contribution in [0, 0.1) is 5.82 Å². The lowest BCUT2D eigenvalue weighted by molar-refractivity contribution is 0.138. The van der Waals surface area contributed by atoms with Crippen LogP contribution in [0.1, 0.15) is 24.8 Å². The van der Waals surface area contributed by atoms with Crippen molar-refractivity contribution in [3.05, 3.63) is 35.6 Å². The van der Waals surface area contributed by atoms with Gasteiger partial charge in [0.05, 0.1) is 6.61 Å². The van der Waals surface area contributed by atoms with Crippen LogP contribution >= 0.6 is 0 Å². The average Bonchev–Trinajstić information content (AvgIpc) is 2.42. The second-order valence-corrected chi connectivity index (χ2v) is 4.40. The Morgan fingerprint density at radius 2 is 2.05 bits per heavy atom. The molecule has 0 radical (unpaired) electrons. The van der Waals surface area contributed by atoms with Crippen LogP contribution in [-0.2, 0) is 9.47 Å². The van der Waals surface area contributed by atoms with Crippen molar-refractivity contribution in [3.8, 4) is 0 Å². The maximum atomic E-state index is 13.8. The van der Waals surface area contributed by atoms with E-state index in [0.29, 0.717) is 19.8 Å². The Balaban J connectivity index is 2.55. The van der Waals surface area contributed by atoms with Crippen molar-refractivity contribution in [1.82, 2.24) is 5.32 Å². The van der Waals surface area contributed by atoms with Crippen molar-refractivity contribution < 1.29 is 13.9 Å². The molecule has 19 heavy (non-hydrogen) atoms. The van der Waals surface area contributed by atoms with Gasteiger partial charge in [-0.2, -0.15) is 0 Å². The first-order valence-electron chi connectivity index (χ1n) is 6.81. The first-order chi connectivity index (χ1) is 9.29. The van der Waals surface area contributed by atoms with Crippen LogP contribution in [0.2, 0.25) is 0 Å². The highest BCUT2D eigenvalue weighted by Gasteiger charge is 2.14. The molecule has 3 nitrogen and oxygen atoms in total. The molecule has 4 heteroatoms. The number of methoxy groups -OCH3 is 1. The van der Waals surface area contributed by atoms with Crippen molar-refractivity contribution in [2.75, 3.05) is 40.0 Å². The molecule has 0 spiro atoms. The van der Waals surface area contributed by atoms with E-state index in [1.165, 1.54) is 6.07 Å². The van der Waals surface area contributed by atoms with Crippen LogP contribution in [0.3, 0.4) is 0 Å². The Morgan fingerprint density at radius 3 is 2.74 bits per heavy atom. The zero-order valence-electron chi connectivity index (χ0n) is 11.8. The molecule has 1 unspecified atom stereocenters. The van der Waals surface area contributed by atoms with Crippen molar-refractivity contribution in [2.24, 2.45) is 0 Å². The lowest BCUT2D eigenvalue weighted by Crippen LogP contribution is -2.26. The van der Waals surface area contributed by atoms with Crippen molar-refractivity contribution in [3.63, 3.8) is 0 Å². The normalized spacial score (nSPS) is 12.6. The summed E-state index contributed by atoms with van der Waals surface area (Å²) in [6.07, 6.45) is 0.814. The Labute approximate surface area is 115 Å². The van der Waals surface area contributed by atoms with Crippen molar-refractivity contribution >= 4 is 0 Å². The summed E-state index contributed by atoms with van der Waals surface area (Å²) in [5.74, 6) is -0.0119. The molecule has 0 amide bonds. The third kappa shape index (κ3) is 6.14. The van der Waals surface area contributed by atoms with E-state index in [0.717, 1.165) is 25.1 Å². The number of rotatable bonds is 10. The van der Waals surface area contributed by atoms with Gasteiger partial charge in [-0.15, -0.1) is 0 Å². The number of nitrogens with one attached hydrogen (secondary N) is 1. The highest BCUT2D eigenvalue weighted by atomic mass is 19.1. The molecular weight excluding hydrogens is 245 g/mol. The quantitative estimate of drug-likeness (QED) is 0.662.